The molecule has 4 heteroatoms. The fraction of sp³-hybridized carbons (Fsp3) is 0.250. The van der Waals surface area contributed by atoms with Crippen LogP contribution >= 0.6 is 15.9 Å². The molecule has 0 bridgehead atoms. The van der Waals surface area contributed by atoms with E-state index in [1.54, 1.807) is 0 Å². The van der Waals surface area contributed by atoms with E-state index in [1.165, 1.54) is 0 Å². The van der Waals surface area contributed by atoms with E-state index in [4.69, 9.17) is 0 Å². The molecule has 0 saturated carbocycles. The Kier molecular flexibility index (Phi) is 1.53. The van der Waals surface area contributed by atoms with Crippen LogP contribution in [0.2, 0.25) is 0 Å². The third kappa shape index (κ3) is 1.01. The summed E-state index contributed by atoms with van der Waals surface area (Å²) in [6.45, 7) is 0. The number of rotatable bonds is 1. The predicted molar refractivity (Wildman–Crippen MR) is 35.8 cm³/mol. The lowest BCUT2D eigenvalue weighted by molar-refractivity contribution is 1.07. The Morgan fingerprint density at radius 2 is 2.62 bits per heavy atom. The van der Waals surface area contributed by atoms with Gasteiger partial charge in [0.1, 0.15) is 10.4 Å². The van der Waals surface area contributed by atoms with Crippen LogP contribution < -0.4 is 5.32 Å². The number of hydrogen-bond donors (Lipinski definition) is 2. The maximum absolute atomic E-state index is 3.82. The maximum Gasteiger partial charge on any atom is 0.130 e. The minimum absolute atomic E-state index is 0.821. The Morgan fingerprint density at radius 3 is 2.88 bits per heavy atom. The van der Waals surface area contributed by atoms with Gasteiger partial charge in [0.25, 0.3) is 0 Å². The molecule has 0 saturated heterocycles. The van der Waals surface area contributed by atoms with Crippen molar-refractivity contribution in [1.29, 1.82) is 0 Å². The molecule has 1 aromatic rings. The second-order valence-electron chi connectivity index (χ2n) is 1.35. The Balaban J connectivity index is 2.84. The first-order chi connectivity index (χ1) is 3.83. The van der Waals surface area contributed by atoms with E-state index in [1.807, 2.05) is 13.1 Å². The Labute approximate surface area is 55.6 Å². The summed E-state index contributed by atoms with van der Waals surface area (Å²) in [6, 6.07) is 1.86. The molecule has 8 heavy (non-hydrogen) atoms. The third-order valence-electron chi connectivity index (χ3n) is 0.816. The van der Waals surface area contributed by atoms with Gasteiger partial charge in [0.2, 0.25) is 0 Å². The number of anilines is 1. The largest absolute Gasteiger partial charge is 0.373 e. The molecule has 1 aromatic heterocycles. The number of nitrogens with zero attached hydrogens (tertiary/aromatic N) is 1. The summed E-state index contributed by atoms with van der Waals surface area (Å²) in [5.41, 5.74) is 0. The smallest absolute Gasteiger partial charge is 0.130 e. The first-order valence-electron chi connectivity index (χ1n) is 2.21. The zero-order valence-electron chi connectivity index (χ0n) is 4.40. The Morgan fingerprint density at radius 1 is 1.88 bits per heavy atom. The molecular weight excluding hydrogens is 170 g/mol. The predicted octanol–water partition coefficient (Wildman–Crippen LogP) is 1.21. The van der Waals surface area contributed by atoms with Crippen molar-refractivity contribution in [1.82, 2.24) is 10.2 Å². The average molecular weight is 176 g/mol. The summed E-state index contributed by atoms with van der Waals surface area (Å²) in [5, 5.41) is 9.46. The van der Waals surface area contributed by atoms with Crippen molar-refractivity contribution in [2.24, 2.45) is 0 Å². The molecule has 0 atom stereocenters. The molecule has 0 aliphatic rings. The first-order valence-corrected chi connectivity index (χ1v) is 3.01. The van der Waals surface area contributed by atoms with Gasteiger partial charge >= 0.3 is 0 Å². The van der Waals surface area contributed by atoms with E-state index in [0.29, 0.717) is 0 Å². The zero-order chi connectivity index (χ0) is 5.98. The highest BCUT2D eigenvalue weighted by atomic mass is 79.9. The van der Waals surface area contributed by atoms with Crippen LogP contribution in [-0.4, -0.2) is 17.2 Å². The van der Waals surface area contributed by atoms with Crippen LogP contribution in [0.25, 0.3) is 0 Å². The lowest BCUT2D eigenvalue weighted by atomic mass is 10.6. The third-order valence-corrected chi connectivity index (χ3v) is 1.22. The van der Waals surface area contributed by atoms with E-state index in [-0.39, 0.29) is 0 Å². The lowest BCUT2D eigenvalue weighted by Crippen LogP contribution is -1.85. The molecule has 0 aromatic carbocycles. The van der Waals surface area contributed by atoms with Gasteiger partial charge in [0.05, 0.1) is 0 Å². The van der Waals surface area contributed by atoms with E-state index in [0.717, 1.165) is 10.4 Å². The highest BCUT2D eigenvalue weighted by Crippen LogP contribution is 2.08. The number of nitrogens with one attached hydrogen (secondary N) is 2. The Hall–Kier alpha value is -0.510. The molecule has 1 rings (SSSR count). The second-order valence-corrected chi connectivity index (χ2v) is 2.17. The SMILES string of the molecule is CNc1cc(Br)n[nH]1. The molecule has 44 valence electrons. The summed E-state index contributed by atoms with van der Waals surface area (Å²) in [4.78, 5) is 0. The number of hydrogen-bond acceptors (Lipinski definition) is 2. The standard InChI is InChI=1S/C4H6BrN3/c1-6-4-2-3(5)7-8-4/h2H,1H3,(H2,6,7,8). The summed E-state index contributed by atoms with van der Waals surface area (Å²) < 4.78 is 0.821. The van der Waals surface area contributed by atoms with Crippen LogP contribution in [0.5, 0.6) is 0 Å². The van der Waals surface area contributed by atoms with Crippen LogP contribution in [0.4, 0.5) is 5.82 Å². The van der Waals surface area contributed by atoms with Crippen LogP contribution in [0.3, 0.4) is 0 Å². The van der Waals surface area contributed by atoms with E-state index < -0.39 is 0 Å². The van der Waals surface area contributed by atoms with E-state index in [9.17, 15) is 0 Å². The highest BCUT2D eigenvalue weighted by Gasteiger charge is 1.90. The molecule has 0 unspecified atom stereocenters. The van der Waals surface area contributed by atoms with E-state index in [2.05, 4.69) is 31.4 Å². The average Bonchev–Trinajstić information content (AvgIpc) is 2.14. The van der Waals surface area contributed by atoms with Crippen molar-refractivity contribution in [3.63, 3.8) is 0 Å². The topological polar surface area (TPSA) is 40.7 Å². The lowest BCUT2D eigenvalue weighted by Gasteiger charge is -1.86. The fourth-order valence-corrected chi connectivity index (χ4v) is 0.743. The summed E-state index contributed by atoms with van der Waals surface area (Å²) in [6.07, 6.45) is 0. The molecule has 0 aliphatic heterocycles. The molecule has 0 amide bonds. The molecule has 0 radical (unpaired) electrons. The van der Waals surface area contributed by atoms with Gasteiger partial charge in [-0.1, -0.05) is 0 Å². The number of aromatic nitrogens is 2. The molecule has 0 spiro atoms. The first kappa shape index (κ1) is 5.62. The van der Waals surface area contributed by atoms with Gasteiger partial charge < -0.3 is 5.32 Å². The molecule has 2 N–H and O–H groups in total. The number of halogens is 1. The molecule has 1 heterocycles. The van der Waals surface area contributed by atoms with Gasteiger partial charge in [0.15, 0.2) is 0 Å². The molecule has 3 nitrogen and oxygen atoms in total. The van der Waals surface area contributed by atoms with Crippen LogP contribution in [0.1, 0.15) is 0 Å². The van der Waals surface area contributed by atoms with E-state index >= 15 is 0 Å². The van der Waals surface area contributed by atoms with Crippen molar-refractivity contribution >= 4 is 21.7 Å². The molecule has 0 aliphatic carbocycles. The van der Waals surface area contributed by atoms with Gasteiger partial charge in [-0.25, -0.2) is 0 Å². The van der Waals surface area contributed by atoms with Gasteiger partial charge in [0, 0.05) is 13.1 Å². The fourth-order valence-electron chi connectivity index (χ4n) is 0.425. The second kappa shape index (κ2) is 2.17. The Bertz CT molecular complexity index is 172. The van der Waals surface area contributed by atoms with Crippen molar-refractivity contribution in [3.8, 4) is 0 Å². The number of aromatic amines is 1. The van der Waals surface area contributed by atoms with Gasteiger partial charge in [-0.15, -0.1) is 0 Å². The van der Waals surface area contributed by atoms with Crippen LogP contribution in [0, 0.1) is 0 Å². The van der Waals surface area contributed by atoms with Crippen molar-refractivity contribution in [3.05, 3.63) is 10.7 Å². The van der Waals surface area contributed by atoms with Crippen LogP contribution in [-0.2, 0) is 0 Å². The van der Waals surface area contributed by atoms with Gasteiger partial charge in [-0.3, -0.25) is 5.10 Å². The highest BCUT2D eigenvalue weighted by molar-refractivity contribution is 9.10. The maximum atomic E-state index is 3.82. The van der Waals surface area contributed by atoms with Crippen molar-refractivity contribution < 1.29 is 0 Å². The monoisotopic (exact) mass is 175 g/mol. The van der Waals surface area contributed by atoms with Crippen LogP contribution in [0.15, 0.2) is 10.7 Å². The zero-order valence-corrected chi connectivity index (χ0v) is 5.99. The quantitative estimate of drug-likeness (QED) is 0.675. The van der Waals surface area contributed by atoms with Gasteiger partial charge in [-0.2, -0.15) is 5.10 Å². The minimum Gasteiger partial charge on any atom is -0.373 e. The van der Waals surface area contributed by atoms with Crippen molar-refractivity contribution in [2.45, 2.75) is 0 Å². The summed E-state index contributed by atoms with van der Waals surface area (Å²) >= 11 is 3.19. The number of H-pyrrole nitrogens is 1. The van der Waals surface area contributed by atoms with Gasteiger partial charge in [-0.05, 0) is 15.9 Å². The van der Waals surface area contributed by atoms with Crippen molar-refractivity contribution in [2.75, 3.05) is 12.4 Å². The summed E-state index contributed by atoms with van der Waals surface area (Å²) in [7, 11) is 1.83. The minimum atomic E-state index is 0.821. The summed E-state index contributed by atoms with van der Waals surface area (Å²) in [5.74, 6) is 0.914. The molecular formula is C4H6BrN3. The normalized spacial score (nSPS) is 9.25. The molecule has 0 fully saturated rings.